The SMILES string of the molecule is CCCN(CC1CC1)C(=O)[C@H](C)N(CC(F)(F)F)c1ccc(C#N)c(C(F)(F)F)c1. The lowest BCUT2D eigenvalue weighted by atomic mass is 10.1. The Morgan fingerprint density at radius 2 is 1.87 bits per heavy atom. The zero-order chi connectivity index (χ0) is 22.7. The molecule has 0 aromatic heterocycles. The van der Waals surface area contributed by atoms with Gasteiger partial charge in [0.2, 0.25) is 5.91 Å². The highest BCUT2D eigenvalue weighted by atomic mass is 19.4. The molecule has 0 spiro atoms. The predicted molar refractivity (Wildman–Crippen MR) is 98.6 cm³/mol. The van der Waals surface area contributed by atoms with E-state index < -0.39 is 47.7 Å². The third kappa shape index (κ3) is 6.28. The molecule has 0 aliphatic heterocycles. The fourth-order valence-electron chi connectivity index (χ4n) is 3.26. The van der Waals surface area contributed by atoms with Crippen LogP contribution in [0.5, 0.6) is 0 Å². The minimum Gasteiger partial charge on any atom is -0.351 e. The van der Waals surface area contributed by atoms with Gasteiger partial charge in [-0.3, -0.25) is 4.79 Å². The molecule has 2 rings (SSSR count). The molecule has 166 valence electrons. The highest BCUT2D eigenvalue weighted by molar-refractivity contribution is 5.85. The number of rotatable bonds is 8. The first-order valence-corrected chi connectivity index (χ1v) is 9.61. The van der Waals surface area contributed by atoms with Crippen molar-refractivity contribution in [3.8, 4) is 6.07 Å². The number of halogens is 6. The van der Waals surface area contributed by atoms with Gasteiger partial charge in [-0.15, -0.1) is 0 Å². The van der Waals surface area contributed by atoms with Gasteiger partial charge in [-0.1, -0.05) is 6.92 Å². The van der Waals surface area contributed by atoms with Gasteiger partial charge in [0.15, 0.2) is 0 Å². The van der Waals surface area contributed by atoms with Gasteiger partial charge in [0, 0.05) is 18.8 Å². The van der Waals surface area contributed by atoms with E-state index in [9.17, 15) is 31.1 Å². The van der Waals surface area contributed by atoms with Crippen molar-refractivity contribution >= 4 is 11.6 Å². The Labute approximate surface area is 171 Å². The molecule has 10 heteroatoms. The molecule has 4 nitrogen and oxygen atoms in total. The lowest BCUT2D eigenvalue weighted by Crippen LogP contribution is -2.51. The number of hydrogen-bond donors (Lipinski definition) is 0. The summed E-state index contributed by atoms with van der Waals surface area (Å²) in [5.41, 5.74) is -2.45. The maximum atomic E-state index is 13.3. The van der Waals surface area contributed by atoms with Gasteiger partial charge in [0.1, 0.15) is 12.6 Å². The Bertz CT molecular complexity index is 795. The second-order valence-electron chi connectivity index (χ2n) is 7.49. The highest BCUT2D eigenvalue weighted by Gasteiger charge is 2.39. The number of carbonyl (C=O) groups is 1. The van der Waals surface area contributed by atoms with E-state index in [1.165, 1.54) is 17.9 Å². The molecule has 0 saturated heterocycles. The van der Waals surface area contributed by atoms with Crippen molar-refractivity contribution < 1.29 is 31.1 Å². The second kappa shape index (κ2) is 9.14. The zero-order valence-corrected chi connectivity index (χ0v) is 16.6. The van der Waals surface area contributed by atoms with Crippen LogP contribution < -0.4 is 4.90 Å². The Balaban J connectivity index is 2.42. The number of amides is 1. The maximum absolute atomic E-state index is 13.3. The summed E-state index contributed by atoms with van der Waals surface area (Å²) in [4.78, 5) is 15.0. The molecule has 0 bridgehead atoms. The van der Waals surface area contributed by atoms with Crippen LogP contribution in [0, 0.1) is 17.2 Å². The molecule has 0 N–H and O–H groups in total. The molecular weight excluding hydrogens is 412 g/mol. The van der Waals surface area contributed by atoms with Gasteiger partial charge in [0.25, 0.3) is 0 Å². The maximum Gasteiger partial charge on any atom is 0.417 e. The Morgan fingerprint density at radius 1 is 1.23 bits per heavy atom. The summed E-state index contributed by atoms with van der Waals surface area (Å²) >= 11 is 0. The second-order valence-corrected chi connectivity index (χ2v) is 7.49. The van der Waals surface area contributed by atoms with Crippen molar-refractivity contribution in [2.24, 2.45) is 5.92 Å². The third-order valence-electron chi connectivity index (χ3n) is 4.92. The monoisotopic (exact) mass is 435 g/mol. The van der Waals surface area contributed by atoms with Crippen molar-refractivity contribution in [1.29, 1.82) is 5.26 Å². The topological polar surface area (TPSA) is 47.3 Å². The molecule has 1 saturated carbocycles. The summed E-state index contributed by atoms with van der Waals surface area (Å²) < 4.78 is 79.5. The molecular formula is C20H23F6N3O. The number of anilines is 1. The number of nitrogens with zero attached hydrogens (tertiary/aromatic N) is 3. The van der Waals surface area contributed by atoms with Crippen molar-refractivity contribution in [3.05, 3.63) is 29.3 Å². The number of carbonyl (C=O) groups excluding carboxylic acids is 1. The van der Waals surface area contributed by atoms with Crippen LogP contribution in [0.4, 0.5) is 32.0 Å². The van der Waals surface area contributed by atoms with E-state index in [1.54, 1.807) is 0 Å². The van der Waals surface area contributed by atoms with E-state index >= 15 is 0 Å². The number of hydrogen-bond acceptors (Lipinski definition) is 3. The molecule has 0 radical (unpaired) electrons. The molecule has 1 aromatic carbocycles. The van der Waals surface area contributed by atoms with Gasteiger partial charge < -0.3 is 9.80 Å². The van der Waals surface area contributed by atoms with Crippen LogP contribution in [0.3, 0.4) is 0 Å². The highest BCUT2D eigenvalue weighted by Crippen LogP contribution is 2.36. The van der Waals surface area contributed by atoms with Gasteiger partial charge in [-0.05, 0) is 50.3 Å². The average Bonchev–Trinajstić information content (AvgIpc) is 3.47. The van der Waals surface area contributed by atoms with E-state index in [0.717, 1.165) is 25.0 Å². The van der Waals surface area contributed by atoms with Crippen LogP contribution in [-0.4, -0.2) is 42.7 Å². The predicted octanol–water partition coefficient (Wildman–Crippen LogP) is 4.98. The van der Waals surface area contributed by atoms with Crippen molar-refractivity contribution in [1.82, 2.24) is 4.90 Å². The van der Waals surface area contributed by atoms with Crippen molar-refractivity contribution in [2.75, 3.05) is 24.5 Å². The first kappa shape index (κ1) is 23.8. The van der Waals surface area contributed by atoms with E-state index in [2.05, 4.69) is 0 Å². The first-order chi connectivity index (χ1) is 13.9. The Morgan fingerprint density at radius 3 is 2.33 bits per heavy atom. The quantitative estimate of drug-likeness (QED) is 0.541. The van der Waals surface area contributed by atoms with Crippen molar-refractivity contribution in [2.45, 2.75) is 51.5 Å². The fraction of sp³-hybridized carbons (Fsp3) is 0.600. The summed E-state index contributed by atoms with van der Waals surface area (Å²) in [7, 11) is 0. The van der Waals surface area contributed by atoms with Crippen LogP contribution >= 0.6 is 0 Å². The average molecular weight is 435 g/mol. The van der Waals surface area contributed by atoms with Crippen LogP contribution in [0.25, 0.3) is 0 Å². The molecule has 0 unspecified atom stereocenters. The van der Waals surface area contributed by atoms with E-state index in [1.807, 2.05) is 6.92 Å². The number of alkyl halides is 6. The molecule has 1 aliphatic carbocycles. The van der Waals surface area contributed by atoms with Gasteiger partial charge >= 0.3 is 12.4 Å². The first-order valence-electron chi connectivity index (χ1n) is 9.61. The molecule has 1 amide bonds. The summed E-state index contributed by atoms with van der Waals surface area (Å²) in [5, 5.41) is 8.91. The van der Waals surface area contributed by atoms with Crippen LogP contribution in [0.2, 0.25) is 0 Å². The molecule has 1 aliphatic rings. The van der Waals surface area contributed by atoms with Crippen LogP contribution in [0.1, 0.15) is 44.2 Å². The van der Waals surface area contributed by atoms with E-state index in [-0.39, 0.29) is 0 Å². The van der Waals surface area contributed by atoms with E-state index in [0.29, 0.717) is 36.4 Å². The third-order valence-corrected chi connectivity index (χ3v) is 4.92. The van der Waals surface area contributed by atoms with Crippen molar-refractivity contribution in [3.63, 3.8) is 0 Å². The number of nitriles is 1. The minimum absolute atomic E-state index is 0.315. The van der Waals surface area contributed by atoms with Gasteiger partial charge in [0.05, 0.1) is 17.2 Å². The fourth-order valence-corrected chi connectivity index (χ4v) is 3.26. The summed E-state index contributed by atoms with van der Waals surface area (Å²) in [5.74, 6) is -0.249. The standard InChI is InChI=1S/C20H23F6N3O/c1-3-8-28(11-14-4-5-14)18(30)13(2)29(12-19(21,22)23)16-7-6-15(10-27)17(9-16)20(24,25)26/h6-7,9,13-14H,3-5,8,11-12H2,1-2H3/t13-/m0/s1. The van der Waals surface area contributed by atoms with Gasteiger partial charge in [-0.25, -0.2) is 0 Å². The zero-order valence-electron chi connectivity index (χ0n) is 16.6. The molecule has 1 aromatic rings. The molecule has 30 heavy (non-hydrogen) atoms. The molecule has 0 heterocycles. The Kier molecular flexibility index (Phi) is 7.27. The summed E-state index contributed by atoms with van der Waals surface area (Å²) in [6.07, 6.45) is -7.16. The minimum atomic E-state index is -4.92. The summed E-state index contributed by atoms with van der Waals surface area (Å²) in [6.45, 7) is 2.29. The Hall–Kier alpha value is -2.44. The van der Waals surface area contributed by atoms with Crippen LogP contribution in [0.15, 0.2) is 18.2 Å². The summed E-state index contributed by atoms with van der Waals surface area (Å²) in [6, 6.07) is 2.40. The molecule has 1 fully saturated rings. The van der Waals surface area contributed by atoms with Crippen LogP contribution in [-0.2, 0) is 11.0 Å². The van der Waals surface area contributed by atoms with Gasteiger partial charge in [-0.2, -0.15) is 31.6 Å². The smallest absolute Gasteiger partial charge is 0.351 e. The lowest BCUT2D eigenvalue weighted by molar-refractivity contribution is -0.137. The lowest BCUT2D eigenvalue weighted by Gasteiger charge is -2.35. The molecule has 1 atom stereocenters. The number of benzene rings is 1. The largest absolute Gasteiger partial charge is 0.417 e. The van der Waals surface area contributed by atoms with E-state index in [4.69, 9.17) is 5.26 Å². The normalized spacial score (nSPS) is 15.4.